The van der Waals surface area contributed by atoms with Crippen molar-refractivity contribution in [2.24, 2.45) is 4.99 Å². The van der Waals surface area contributed by atoms with Crippen molar-refractivity contribution in [3.05, 3.63) is 41.5 Å². The minimum Gasteiger partial charge on any atom is -0.453 e. The molecule has 0 fully saturated rings. The van der Waals surface area contributed by atoms with Gasteiger partial charge in [-0.2, -0.15) is 0 Å². The number of hydrogen-bond donors (Lipinski definition) is 3. The first-order valence-corrected chi connectivity index (χ1v) is 9.35. The fourth-order valence-corrected chi connectivity index (χ4v) is 2.85. The maximum Gasteiger partial charge on any atom is 0.411 e. The Hall–Kier alpha value is -1.77. The Balaban J connectivity index is 0.00000364. The van der Waals surface area contributed by atoms with Crippen LogP contribution in [0.25, 0.3) is 0 Å². The average molecular weight is 486 g/mol. The van der Waals surface area contributed by atoms with E-state index in [4.69, 9.17) is 0 Å². The lowest BCUT2D eigenvalue weighted by molar-refractivity contribution is 0.187. The van der Waals surface area contributed by atoms with Gasteiger partial charge >= 0.3 is 6.09 Å². The Morgan fingerprint density at radius 1 is 1.19 bits per heavy atom. The van der Waals surface area contributed by atoms with Crippen molar-refractivity contribution in [1.29, 1.82) is 0 Å². The Bertz CT molecular complexity index is 629. The molecule has 0 atom stereocenters. The summed E-state index contributed by atoms with van der Waals surface area (Å²) in [5, 5.41) is 9.33. The Kier molecular flexibility index (Phi) is 11.6. The molecule has 0 saturated carbocycles. The lowest BCUT2D eigenvalue weighted by atomic mass is 9.97. The lowest BCUT2D eigenvalue weighted by Gasteiger charge is -2.15. The SMILES string of the molecule is CCNC(=NCc1ccc(NC(=O)OC)cc1)NCCC1=CCCCC1.I. The van der Waals surface area contributed by atoms with Crippen molar-refractivity contribution in [3.8, 4) is 0 Å². The van der Waals surface area contributed by atoms with Crippen LogP contribution in [-0.4, -0.2) is 32.3 Å². The van der Waals surface area contributed by atoms with Crippen molar-refractivity contribution in [3.63, 3.8) is 0 Å². The zero-order valence-electron chi connectivity index (χ0n) is 16.2. The maximum absolute atomic E-state index is 11.2. The number of carbonyl (C=O) groups is 1. The molecule has 150 valence electrons. The molecule has 0 aliphatic heterocycles. The number of ether oxygens (including phenoxy) is 1. The van der Waals surface area contributed by atoms with Crippen LogP contribution in [0.4, 0.5) is 10.5 Å². The summed E-state index contributed by atoms with van der Waals surface area (Å²) in [6, 6.07) is 7.59. The standard InChI is InChI=1S/C20H30N4O2.HI/c1-3-21-19(22-14-13-16-7-5-4-6-8-16)23-15-17-9-11-18(12-10-17)24-20(25)26-2;/h7,9-12H,3-6,8,13-15H2,1-2H3,(H,24,25)(H2,21,22,23);1H. The number of nitrogens with zero attached hydrogens (tertiary/aromatic N) is 1. The second-order valence-electron chi connectivity index (χ2n) is 6.29. The normalized spacial score (nSPS) is 13.9. The molecule has 0 unspecified atom stereocenters. The number of methoxy groups -OCH3 is 1. The van der Waals surface area contributed by atoms with E-state index in [0.717, 1.165) is 31.0 Å². The first kappa shape index (κ1) is 23.3. The van der Waals surface area contributed by atoms with E-state index < -0.39 is 6.09 Å². The van der Waals surface area contributed by atoms with Crippen LogP contribution in [0.2, 0.25) is 0 Å². The predicted octanol–water partition coefficient (Wildman–Crippen LogP) is 4.43. The molecule has 6 nitrogen and oxygen atoms in total. The molecule has 3 N–H and O–H groups in total. The fraction of sp³-hybridized carbons (Fsp3) is 0.500. The number of amides is 1. The second kappa shape index (κ2) is 13.4. The predicted molar refractivity (Wildman–Crippen MR) is 122 cm³/mol. The quantitative estimate of drug-likeness (QED) is 0.231. The number of anilines is 1. The van der Waals surface area contributed by atoms with Gasteiger partial charge < -0.3 is 15.4 Å². The third-order valence-electron chi connectivity index (χ3n) is 4.27. The highest BCUT2D eigenvalue weighted by molar-refractivity contribution is 14.0. The van der Waals surface area contributed by atoms with Crippen molar-refractivity contribution < 1.29 is 9.53 Å². The average Bonchev–Trinajstić information content (AvgIpc) is 2.68. The number of carbonyl (C=O) groups excluding carboxylic acids is 1. The van der Waals surface area contributed by atoms with E-state index in [9.17, 15) is 4.79 Å². The van der Waals surface area contributed by atoms with Crippen LogP contribution in [0, 0.1) is 0 Å². The van der Waals surface area contributed by atoms with E-state index >= 15 is 0 Å². The van der Waals surface area contributed by atoms with E-state index in [1.807, 2.05) is 24.3 Å². The molecule has 27 heavy (non-hydrogen) atoms. The summed E-state index contributed by atoms with van der Waals surface area (Å²) in [6.07, 6.45) is 8.11. The molecule has 1 aromatic carbocycles. The smallest absolute Gasteiger partial charge is 0.411 e. The second-order valence-corrected chi connectivity index (χ2v) is 6.29. The molecule has 1 amide bonds. The van der Waals surface area contributed by atoms with E-state index in [-0.39, 0.29) is 24.0 Å². The molecule has 0 heterocycles. The van der Waals surface area contributed by atoms with Crippen molar-refractivity contribution in [2.45, 2.75) is 45.6 Å². The first-order valence-electron chi connectivity index (χ1n) is 9.35. The molecule has 0 bridgehead atoms. The molecule has 1 aliphatic carbocycles. The van der Waals surface area contributed by atoms with E-state index in [2.05, 4.69) is 38.7 Å². The van der Waals surface area contributed by atoms with Gasteiger partial charge in [-0.3, -0.25) is 5.32 Å². The van der Waals surface area contributed by atoms with Crippen molar-refractivity contribution in [1.82, 2.24) is 10.6 Å². The third kappa shape index (κ3) is 9.12. The number of nitrogens with one attached hydrogen (secondary N) is 3. The molecule has 2 rings (SSSR count). The van der Waals surface area contributed by atoms with Gasteiger partial charge in [0.15, 0.2) is 5.96 Å². The minimum atomic E-state index is -0.470. The number of hydrogen-bond acceptors (Lipinski definition) is 3. The largest absolute Gasteiger partial charge is 0.453 e. The number of benzene rings is 1. The number of allylic oxidation sites excluding steroid dienone is 1. The highest BCUT2D eigenvalue weighted by Crippen LogP contribution is 2.19. The monoisotopic (exact) mass is 486 g/mol. The highest BCUT2D eigenvalue weighted by atomic mass is 127. The summed E-state index contributed by atoms with van der Waals surface area (Å²) in [5.74, 6) is 0.834. The van der Waals surface area contributed by atoms with Gasteiger partial charge in [0, 0.05) is 18.8 Å². The van der Waals surface area contributed by atoms with Crippen LogP contribution in [0.1, 0.15) is 44.6 Å². The Morgan fingerprint density at radius 3 is 2.59 bits per heavy atom. The molecule has 1 aliphatic rings. The molecular weight excluding hydrogens is 455 g/mol. The van der Waals surface area contributed by atoms with E-state index in [1.54, 1.807) is 5.57 Å². The first-order chi connectivity index (χ1) is 12.7. The zero-order chi connectivity index (χ0) is 18.6. The van der Waals surface area contributed by atoms with Gasteiger partial charge in [0.25, 0.3) is 0 Å². The molecule has 0 radical (unpaired) electrons. The summed E-state index contributed by atoms with van der Waals surface area (Å²) >= 11 is 0. The number of halogens is 1. The van der Waals surface area contributed by atoms with E-state index in [1.165, 1.54) is 32.8 Å². The van der Waals surface area contributed by atoms with Crippen molar-refractivity contribution >= 4 is 41.7 Å². The summed E-state index contributed by atoms with van der Waals surface area (Å²) in [7, 11) is 1.35. The van der Waals surface area contributed by atoms with Crippen LogP contribution in [-0.2, 0) is 11.3 Å². The Morgan fingerprint density at radius 2 is 1.96 bits per heavy atom. The molecular formula is C20H31IN4O2. The van der Waals surface area contributed by atoms with Crippen LogP contribution in [0.3, 0.4) is 0 Å². The van der Waals surface area contributed by atoms with Crippen LogP contribution < -0.4 is 16.0 Å². The van der Waals surface area contributed by atoms with Gasteiger partial charge in [-0.1, -0.05) is 23.8 Å². The molecule has 7 heteroatoms. The van der Waals surface area contributed by atoms with Crippen LogP contribution >= 0.6 is 24.0 Å². The van der Waals surface area contributed by atoms with Crippen LogP contribution in [0.5, 0.6) is 0 Å². The topological polar surface area (TPSA) is 74.8 Å². The van der Waals surface area contributed by atoms with Gasteiger partial charge in [-0.05, 0) is 56.7 Å². The lowest BCUT2D eigenvalue weighted by Crippen LogP contribution is -2.37. The minimum absolute atomic E-state index is 0. The highest BCUT2D eigenvalue weighted by Gasteiger charge is 2.04. The number of aliphatic imine (C=N–C) groups is 1. The number of rotatable bonds is 7. The maximum atomic E-state index is 11.2. The van der Waals surface area contributed by atoms with Gasteiger partial charge in [0.2, 0.25) is 0 Å². The Labute approximate surface area is 179 Å². The molecule has 0 aromatic heterocycles. The zero-order valence-corrected chi connectivity index (χ0v) is 18.5. The summed E-state index contributed by atoms with van der Waals surface area (Å²) in [4.78, 5) is 15.8. The summed E-state index contributed by atoms with van der Waals surface area (Å²) in [5.41, 5.74) is 3.34. The van der Waals surface area contributed by atoms with Crippen molar-refractivity contribution in [2.75, 3.05) is 25.5 Å². The van der Waals surface area contributed by atoms with Gasteiger partial charge in [-0.15, -0.1) is 24.0 Å². The molecule has 1 aromatic rings. The molecule has 0 spiro atoms. The van der Waals surface area contributed by atoms with Crippen LogP contribution in [0.15, 0.2) is 40.9 Å². The van der Waals surface area contributed by atoms with Gasteiger partial charge in [0.05, 0.1) is 13.7 Å². The molecule has 0 saturated heterocycles. The summed E-state index contributed by atoms with van der Waals surface area (Å²) in [6.45, 7) is 4.38. The van der Waals surface area contributed by atoms with E-state index in [0.29, 0.717) is 12.2 Å². The number of guanidine groups is 1. The fourth-order valence-electron chi connectivity index (χ4n) is 2.85. The van der Waals surface area contributed by atoms with Gasteiger partial charge in [-0.25, -0.2) is 9.79 Å². The summed E-state index contributed by atoms with van der Waals surface area (Å²) < 4.78 is 4.58. The van der Waals surface area contributed by atoms with Gasteiger partial charge in [0.1, 0.15) is 0 Å². The third-order valence-corrected chi connectivity index (χ3v) is 4.27.